The van der Waals surface area contributed by atoms with Gasteiger partial charge in [0.1, 0.15) is 0 Å². The Morgan fingerprint density at radius 1 is 0.870 bits per heavy atom. The van der Waals surface area contributed by atoms with Crippen LogP contribution in [-0.2, 0) is 6.54 Å². The van der Waals surface area contributed by atoms with Crippen molar-refractivity contribution in [2.45, 2.75) is 13.5 Å². The molecule has 0 saturated carbocycles. The van der Waals surface area contributed by atoms with Gasteiger partial charge in [-0.05, 0) is 36.8 Å². The van der Waals surface area contributed by atoms with Gasteiger partial charge in [0.25, 0.3) is 11.8 Å². The van der Waals surface area contributed by atoms with Crippen molar-refractivity contribution < 1.29 is 9.59 Å². The summed E-state index contributed by atoms with van der Waals surface area (Å²) in [5.74, 6) is -0.263. The van der Waals surface area contributed by atoms with E-state index in [4.69, 9.17) is 5.73 Å². The predicted molar refractivity (Wildman–Crippen MR) is 90.2 cm³/mol. The number of aryl methyl sites for hydroxylation is 1. The molecule has 5 nitrogen and oxygen atoms in total. The molecular weight excluding hydrogens is 290 g/mol. The van der Waals surface area contributed by atoms with E-state index in [9.17, 15) is 9.59 Å². The van der Waals surface area contributed by atoms with Crippen LogP contribution in [0.5, 0.6) is 0 Å². The maximum atomic E-state index is 12.0. The minimum Gasteiger partial charge on any atom is -0.351 e. The van der Waals surface area contributed by atoms with Gasteiger partial charge in [0, 0.05) is 30.8 Å². The van der Waals surface area contributed by atoms with Crippen LogP contribution >= 0.6 is 0 Å². The van der Waals surface area contributed by atoms with Gasteiger partial charge < -0.3 is 16.4 Å². The van der Waals surface area contributed by atoms with Gasteiger partial charge in [0.15, 0.2) is 0 Å². The van der Waals surface area contributed by atoms with Crippen molar-refractivity contribution in [3.05, 3.63) is 70.8 Å². The molecule has 4 N–H and O–H groups in total. The second kappa shape index (κ2) is 8.10. The molecule has 0 aliphatic heterocycles. The third kappa shape index (κ3) is 4.93. The Morgan fingerprint density at radius 2 is 1.39 bits per heavy atom. The largest absolute Gasteiger partial charge is 0.351 e. The second-order valence-electron chi connectivity index (χ2n) is 5.29. The molecular formula is C18H21N3O2. The number of carbonyl (C=O) groups is 2. The lowest BCUT2D eigenvalue weighted by Crippen LogP contribution is -2.29. The molecule has 5 heteroatoms. The van der Waals surface area contributed by atoms with Gasteiger partial charge in [0.2, 0.25) is 0 Å². The van der Waals surface area contributed by atoms with Crippen molar-refractivity contribution in [2.24, 2.45) is 5.73 Å². The minimum absolute atomic E-state index is 0.116. The van der Waals surface area contributed by atoms with Crippen molar-refractivity contribution in [1.82, 2.24) is 10.6 Å². The summed E-state index contributed by atoms with van der Waals surface area (Å²) in [5.41, 5.74) is 8.60. The number of nitrogens with one attached hydrogen (secondary N) is 2. The summed E-state index contributed by atoms with van der Waals surface area (Å²) in [5, 5.41) is 5.57. The van der Waals surface area contributed by atoms with Crippen LogP contribution in [0.3, 0.4) is 0 Å². The number of amides is 2. The van der Waals surface area contributed by atoms with Crippen molar-refractivity contribution in [2.75, 3.05) is 13.1 Å². The quantitative estimate of drug-likeness (QED) is 0.758. The van der Waals surface area contributed by atoms with Gasteiger partial charge >= 0.3 is 0 Å². The third-order valence-corrected chi connectivity index (χ3v) is 3.41. The number of carbonyl (C=O) groups excluding carboxylic acids is 2. The average molecular weight is 311 g/mol. The molecule has 0 aliphatic rings. The Labute approximate surface area is 135 Å². The lowest BCUT2D eigenvalue weighted by molar-refractivity contribution is 0.0943. The van der Waals surface area contributed by atoms with E-state index >= 15 is 0 Å². The van der Waals surface area contributed by atoms with E-state index in [1.165, 1.54) is 0 Å². The molecule has 2 rings (SSSR count). The normalized spacial score (nSPS) is 10.2. The van der Waals surface area contributed by atoms with E-state index < -0.39 is 0 Å². The molecule has 2 aromatic carbocycles. The van der Waals surface area contributed by atoms with Crippen LogP contribution in [0.4, 0.5) is 0 Å². The Morgan fingerprint density at radius 3 is 1.96 bits per heavy atom. The maximum absolute atomic E-state index is 12.0. The third-order valence-electron chi connectivity index (χ3n) is 3.41. The molecule has 0 bridgehead atoms. The zero-order chi connectivity index (χ0) is 16.7. The van der Waals surface area contributed by atoms with Gasteiger partial charge in [-0.3, -0.25) is 9.59 Å². The molecule has 0 spiro atoms. The van der Waals surface area contributed by atoms with Crippen LogP contribution in [0.1, 0.15) is 31.8 Å². The molecule has 0 unspecified atom stereocenters. The summed E-state index contributed by atoms with van der Waals surface area (Å²) in [7, 11) is 0. The van der Waals surface area contributed by atoms with Gasteiger partial charge in [-0.25, -0.2) is 0 Å². The Kier molecular flexibility index (Phi) is 5.88. The van der Waals surface area contributed by atoms with Crippen LogP contribution in [0.25, 0.3) is 0 Å². The topological polar surface area (TPSA) is 84.2 Å². The molecule has 0 radical (unpaired) electrons. The summed E-state index contributed by atoms with van der Waals surface area (Å²) in [6.07, 6.45) is 0. The van der Waals surface area contributed by atoms with Crippen LogP contribution in [-0.4, -0.2) is 24.9 Å². The SMILES string of the molecule is Cc1ccc(C(=O)NCc2ccc(C(=O)NCCN)cc2)cc1. The Bertz CT molecular complexity index is 664. The van der Waals surface area contributed by atoms with Gasteiger partial charge in [0.05, 0.1) is 0 Å². The molecule has 0 saturated heterocycles. The maximum Gasteiger partial charge on any atom is 0.251 e. The number of hydrogen-bond acceptors (Lipinski definition) is 3. The zero-order valence-electron chi connectivity index (χ0n) is 13.1. The summed E-state index contributed by atoms with van der Waals surface area (Å²) in [6.45, 7) is 3.26. The Balaban J connectivity index is 1.89. The van der Waals surface area contributed by atoms with Crippen LogP contribution < -0.4 is 16.4 Å². The monoisotopic (exact) mass is 311 g/mol. The van der Waals surface area contributed by atoms with Gasteiger partial charge in [-0.1, -0.05) is 29.8 Å². The molecule has 120 valence electrons. The highest BCUT2D eigenvalue weighted by Crippen LogP contribution is 2.06. The summed E-state index contributed by atoms with van der Waals surface area (Å²) in [4.78, 5) is 23.8. The van der Waals surface area contributed by atoms with E-state index in [0.717, 1.165) is 11.1 Å². The van der Waals surface area contributed by atoms with Crippen LogP contribution in [0.2, 0.25) is 0 Å². The van der Waals surface area contributed by atoms with Crippen molar-refractivity contribution >= 4 is 11.8 Å². The molecule has 0 heterocycles. The lowest BCUT2D eigenvalue weighted by atomic mass is 10.1. The highest BCUT2D eigenvalue weighted by Gasteiger charge is 2.06. The molecule has 23 heavy (non-hydrogen) atoms. The molecule has 2 amide bonds. The van der Waals surface area contributed by atoms with Gasteiger partial charge in [-0.15, -0.1) is 0 Å². The molecule has 0 atom stereocenters. The highest BCUT2D eigenvalue weighted by atomic mass is 16.2. The average Bonchev–Trinajstić information content (AvgIpc) is 2.58. The first kappa shape index (κ1) is 16.7. The fraction of sp³-hybridized carbons (Fsp3) is 0.222. The first-order valence-electron chi connectivity index (χ1n) is 7.52. The number of benzene rings is 2. The summed E-state index contributed by atoms with van der Waals surface area (Å²) in [6, 6.07) is 14.5. The zero-order valence-corrected chi connectivity index (χ0v) is 13.1. The first-order valence-corrected chi connectivity index (χ1v) is 7.52. The summed E-state index contributed by atoms with van der Waals surface area (Å²) < 4.78 is 0. The van der Waals surface area contributed by atoms with Gasteiger partial charge in [-0.2, -0.15) is 0 Å². The number of rotatable bonds is 6. The number of nitrogens with two attached hydrogens (primary N) is 1. The van der Waals surface area contributed by atoms with E-state index in [2.05, 4.69) is 10.6 Å². The van der Waals surface area contributed by atoms with E-state index in [-0.39, 0.29) is 11.8 Å². The van der Waals surface area contributed by atoms with E-state index in [0.29, 0.717) is 30.8 Å². The Hall–Kier alpha value is -2.66. The first-order chi connectivity index (χ1) is 11.1. The minimum atomic E-state index is -0.148. The van der Waals surface area contributed by atoms with Crippen molar-refractivity contribution in [3.8, 4) is 0 Å². The molecule has 0 fully saturated rings. The van der Waals surface area contributed by atoms with Crippen LogP contribution in [0, 0.1) is 6.92 Å². The predicted octanol–water partition coefficient (Wildman–Crippen LogP) is 1.61. The molecule has 0 aromatic heterocycles. The highest BCUT2D eigenvalue weighted by molar-refractivity contribution is 5.95. The van der Waals surface area contributed by atoms with E-state index in [1.807, 2.05) is 31.2 Å². The molecule has 2 aromatic rings. The fourth-order valence-electron chi connectivity index (χ4n) is 2.05. The summed E-state index contributed by atoms with van der Waals surface area (Å²) >= 11 is 0. The lowest BCUT2D eigenvalue weighted by Gasteiger charge is -2.07. The van der Waals surface area contributed by atoms with E-state index in [1.54, 1.807) is 24.3 Å². The van der Waals surface area contributed by atoms with Crippen molar-refractivity contribution in [3.63, 3.8) is 0 Å². The number of hydrogen-bond donors (Lipinski definition) is 3. The molecule has 0 aliphatic carbocycles. The van der Waals surface area contributed by atoms with Crippen LogP contribution in [0.15, 0.2) is 48.5 Å². The second-order valence-corrected chi connectivity index (χ2v) is 5.29. The smallest absolute Gasteiger partial charge is 0.251 e. The van der Waals surface area contributed by atoms with Crippen molar-refractivity contribution in [1.29, 1.82) is 0 Å². The standard InChI is InChI=1S/C18H21N3O2/c1-13-2-6-15(7-3-13)18(23)21-12-14-4-8-16(9-5-14)17(22)20-11-10-19/h2-9H,10-12,19H2,1H3,(H,20,22)(H,21,23). The fourth-order valence-corrected chi connectivity index (χ4v) is 2.05.